The molecule has 0 aromatic heterocycles. The molecule has 2 unspecified atom stereocenters. The van der Waals surface area contributed by atoms with Crippen LogP contribution < -0.4 is 15.4 Å². The van der Waals surface area contributed by atoms with Gasteiger partial charge in [-0.1, -0.05) is 6.07 Å². The highest BCUT2D eigenvalue weighted by atomic mass is 19.1. The van der Waals surface area contributed by atoms with Crippen LogP contribution in [0.15, 0.2) is 29.3 Å². The zero-order valence-electron chi connectivity index (χ0n) is 17.0. The monoisotopic (exact) mass is 379 g/mol. The van der Waals surface area contributed by atoms with Crippen LogP contribution in [0.3, 0.4) is 0 Å². The number of guanidine groups is 1. The fourth-order valence-electron chi connectivity index (χ4n) is 3.00. The van der Waals surface area contributed by atoms with Gasteiger partial charge in [0, 0.05) is 44.8 Å². The van der Waals surface area contributed by atoms with Crippen LogP contribution in [0.25, 0.3) is 0 Å². The van der Waals surface area contributed by atoms with Gasteiger partial charge < -0.3 is 20.3 Å². The predicted molar refractivity (Wildman–Crippen MR) is 109 cm³/mol. The van der Waals surface area contributed by atoms with Gasteiger partial charge in [-0.2, -0.15) is 0 Å². The Bertz CT molecular complexity index is 589. The number of ether oxygens (including phenoxy) is 1. The summed E-state index contributed by atoms with van der Waals surface area (Å²) in [7, 11) is 2.17. The molecular formula is C20H34FN5O. The molecular weight excluding hydrogens is 345 g/mol. The van der Waals surface area contributed by atoms with E-state index in [9.17, 15) is 4.39 Å². The SMILES string of the molecule is CCNC(=NCC(C)N1CCN(C)CC1)NCC(C)Oc1cccc(F)c1. The minimum Gasteiger partial charge on any atom is -0.489 e. The van der Waals surface area contributed by atoms with Crippen molar-refractivity contribution in [2.24, 2.45) is 4.99 Å². The fourth-order valence-corrected chi connectivity index (χ4v) is 3.00. The largest absolute Gasteiger partial charge is 0.489 e. The quantitative estimate of drug-likeness (QED) is 0.533. The first-order valence-corrected chi connectivity index (χ1v) is 9.85. The van der Waals surface area contributed by atoms with Crippen molar-refractivity contribution in [3.05, 3.63) is 30.1 Å². The zero-order chi connectivity index (χ0) is 19.6. The van der Waals surface area contributed by atoms with Crippen molar-refractivity contribution >= 4 is 5.96 Å². The number of nitrogens with one attached hydrogen (secondary N) is 2. The lowest BCUT2D eigenvalue weighted by Crippen LogP contribution is -2.49. The summed E-state index contributed by atoms with van der Waals surface area (Å²) >= 11 is 0. The van der Waals surface area contributed by atoms with Crippen molar-refractivity contribution in [1.82, 2.24) is 20.4 Å². The maximum absolute atomic E-state index is 13.3. The van der Waals surface area contributed by atoms with E-state index in [1.165, 1.54) is 12.1 Å². The Morgan fingerprint density at radius 2 is 1.96 bits per heavy atom. The topological polar surface area (TPSA) is 52.1 Å². The molecule has 1 saturated heterocycles. The van der Waals surface area contributed by atoms with Gasteiger partial charge in [-0.05, 0) is 40.0 Å². The molecule has 1 heterocycles. The number of piperazine rings is 1. The van der Waals surface area contributed by atoms with E-state index in [1.54, 1.807) is 12.1 Å². The van der Waals surface area contributed by atoms with Gasteiger partial charge >= 0.3 is 0 Å². The van der Waals surface area contributed by atoms with Gasteiger partial charge in [0.15, 0.2) is 5.96 Å². The number of aliphatic imine (C=N–C) groups is 1. The minimum atomic E-state index is -0.291. The van der Waals surface area contributed by atoms with E-state index >= 15 is 0 Å². The van der Waals surface area contributed by atoms with Crippen molar-refractivity contribution in [3.63, 3.8) is 0 Å². The van der Waals surface area contributed by atoms with Crippen LogP contribution in [-0.4, -0.2) is 80.8 Å². The summed E-state index contributed by atoms with van der Waals surface area (Å²) < 4.78 is 19.0. The average Bonchev–Trinajstić information content (AvgIpc) is 2.64. The van der Waals surface area contributed by atoms with Crippen LogP contribution in [0, 0.1) is 5.82 Å². The summed E-state index contributed by atoms with van der Waals surface area (Å²) in [5, 5.41) is 6.59. The zero-order valence-corrected chi connectivity index (χ0v) is 17.0. The van der Waals surface area contributed by atoms with Crippen molar-refractivity contribution in [2.45, 2.75) is 32.9 Å². The number of rotatable bonds is 8. The summed E-state index contributed by atoms with van der Waals surface area (Å²) in [5.41, 5.74) is 0. The molecule has 2 rings (SSSR count). The first kappa shape index (κ1) is 21.4. The van der Waals surface area contributed by atoms with Gasteiger partial charge in [-0.3, -0.25) is 9.89 Å². The van der Waals surface area contributed by atoms with E-state index in [0.29, 0.717) is 18.3 Å². The summed E-state index contributed by atoms with van der Waals surface area (Å²) in [5.74, 6) is 1.03. The van der Waals surface area contributed by atoms with Crippen molar-refractivity contribution in [3.8, 4) is 5.75 Å². The molecule has 2 atom stereocenters. The van der Waals surface area contributed by atoms with Gasteiger partial charge in [0.2, 0.25) is 0 Å². The molecule has 0 amide bonds. The Hall–Kier alpha value is -1.86. The van der Waals surface area contributed by atoms with E-state index in [0.717, 1.165) is 45.2 Å². The maximum Gasteiger partial charge on any atom is 0.191 e. The third-order valence-corrected chi connectivity index (χ3v) is 4.71. The number of nitrogens with zero attached hydrogens (tertiary/aromatic N) is 3. The lowest BCUT2D eigenvalue weighted by Gasteiger charge is -2.35. The lowest BCUT2D eigenvalue weighted by molar-refractivity contribution is 0.122. The number of benzene rings is 1. The van der Waals surface area contributed by atoms with Crippen LogP contribution in [0.1, 0.15) is 20.8 Å². The first-order chi connectivity index (χ1) is 13.0. The summed E-state index contributed by atoms with van der Waals surface area (Å²) in [6.45, 7) is 12.8. The normalized spacial score (nSPS) is 18.8. The van der Waals surface area contributed by atoms with E-state index in [-0.39, 0.29) is 11.9 Å². The predicted octanol–water partition coefficient (Wildman–Crippen LogP) is 1.78. The highest BCUT2D eigenvalue weighted by Crippen LogP contribution is 2.13. The molecule has 1 aliphatic rings. The molecule has 0 radical (unpaired) electrons. The fraction of sp³-hybridized carbons (Fsp3) is 0.650. The molecule has 0 spiro atoms. The van der Waals surface area contributed by atoms with Crippen LogP contribution in [-0.2, 0) is 0 Å². The van der Waals surface area contributed by atoms with E-state index in [1.807, 2.05) is 13.8 Å². The van der Waals surface area contributed by atoms with Crippen molar-refractivity contribution in [1.29, 1.82) is 0 Å². The average molecular weight is 380 g/mol. The highest BCUT2D eigenvalue weighted by molar-refractivity contribution is 5.79. The van der Waals surface area contributed by atoms with Gasteiger partial charge in [0.05, 0.1) is 13.1 Å². The number of hydrogen-bond acceptors (Lipinski definition) is 4. The Balaban J connectivity index is 1.80. The third-order valence-electron chi connectivity index (χ3n) is 4.71. The Morgan fingerprint density at radius 3 is 2.63 bits per heavy atom. The molecule has 152 valence electrons. The molecule has 1 aromatic carbocycles. The number of likely N-dealkylation sites (N-methyl/N-ethyl adjacent to an activating group) is 1. The molecule has 1 fully saturated rings. The second-order valence-corrected chi connectivity index (χ2v) is 7.17. The molecule has 0 aliphatic carbocycles. The molecule has 0 saturated carbocycles. The Labute approximate surface area is 162 Å². The smallest absolute Gasteiger partial charge is 0.191 e. The lowest BCUT2D eigenvalue weighted by atomic mass is 10.2. The van der Waals surface area contributed by atoms with Crippen molar-refractivity contribution in [2.75, 3.05) is 52.9 Å². The Kier molecular flexibility index (Phi) is 8.81. The van der Waals surface area contributed by atoms with Gasteiger partial charge in [-0.25, -0.2) is 4.39 Å². The highest BCUT2D eigenvalue weighted by Gasteiger charge is 2.18. The molecule has 2 N–H and O–H groups in total. The molecule has 0 bridgehead atoms. The Morgan fingerprint density at radius 1 is 1.22 bits per heavy atom. The van der Waals surface area contributed by atoms with Crippen LogP contribution >= 0.6 is 0 Å². The second-order valence-electron chi connectivity index (χ2n) is 7.17. The number of halogens is 1. The van der Waals surface area contributed by atoms with E-state index in [4.69, 9.17) is 9.73 Å². The minimum absolute atomic E-state index is 0.106. The second kappa shape index (κ2) is 11.1. The van der Waals surface area contributed by atoms with Gasteiger partial charge in [0.1, 0.15) is 17.7 Å². The molecule has 1 aromatic rings. The summed E-state index contributed by atoms with van der Waals surface area (Å²) in [6, 6.07) is 6.63. The third kappa shape index (κ3) is 7.72. The standard InChI is InChI=1S/C20H34FN5O/c1-5-22-20(23-14-16(2)26-11-9-25(4)10-12-26)24-15-17(3)27-19-8-6-7-18(21)13-19/h6-8,13,16-17H,5,9-12,14-15H2,1-4H3,(H2,22,23,24). The van der Waals surface area contributed by atoms with Crippen molar-refractivity contribution < 1.29 is 9.13 Å². The molecule has 27 heavy (non-hydrogen) atoms. The van der Waals surface area contributed by atoms with Gasteiger partial charge in [0.25, 0.3) is 0 Å². The van der Waals surface area contributed by atoms with Crippen LogP contribution in [0.5, 0.6) is 5.75 Å². The van der Waals surface area contributed by atoms with Crippen LogP contribution in [0.4, 0.5) is 4.39 Å². The summed E-state index contributed by atoms with van der Waals surface area (Å²) in [6.07, 6.45) is -0.106. The molecule has 6 nitrogen and oxygen atoms in total. The molecule has 1 aliphatic heterocycles. The molecule has 7 heteroatoms. The first-order valence-electron chi connectivity index (χ1n) is 9.85. The summed E-state index contributed by atoms with van der Waals surface area (Å²) in [4.78, 5) is 9.57. The number of hydrogen-bond donors (Lipinski definition) is 2. The van der Waals surface area contributed by atoms with E-state index < -0.39 is 0 Å². The van der Waals surface area contributed by atoms with Crippen LogP contribution in [0.2, 0.25) is 0 Å². The van der Waals surface area contributed by atoms with E-state index in [2.05, 4.69) is 34.4 Å². The van der Waals surface area contributed by atoms with Gasteiger partial charge in [-0.15, -0.1) is 0 Å². The maximum atomic E-state index is 13.3.